The number of aromatic nitrogens is 3. The highest BCUT2D eigenvalue weighted by Crippen LogP contribution is 2.35. The van der Waals surface area contributed by atoms with Crippen molar-refractivity contribution >= 4 is 28.9 Å². The molecule has 0 saturated heterocycles. The van der Waals surface area contributed by atoms with Crippen LogP contribution in [0.15, 0.2) is 11.4 Å². The number of hydrogen-bond donors (Lipinski definition) is 0. The van der Waals surface area contributed by atoms with E-state index in [4.69, 9.17) is 16.3 Å². The highest BCUT2D eigenvalue weighted by Gasteiger charge is 2.27. The second kappa shape index (κ2) is 6.15. The molecule has 1 aliphatic heterocycles. The van der Waals surface area contributed by atoms with Crippen LogP contribution in [0, 0.1) is 0 Å². The van der Waals surface area contributed by atoms with E-state index in [1.165, 1.54) is 10.4 Å². The molecule has 0 amide bonds. The summed E-state index contributed by atoms with van der Waals surface area (Å²) in [4.78, 5) is 16.3. The van der Waals surface area contributed by atoms with Crippen LogP contribution in [0.4, 0.5) is 5.95 Å². The predicted molar refractivity (Wildman–Crippen MR) is 84.4 cm³/mol. The van der Waals surface area contributed by atoms with Crippen LogP contribution in [0.25, 0.3) is 0 Å². The van der Waals surface area contributed by atoms with E-state index < -0.39 is 0 Å². The van der Waals surface area contributed by atoms with Gasteiger partial charge in [0.1, 0.15) is 0 Å². The van der Waals surface area contributed by atoms with Crippen molar-refractivity contribution in [2.45, 2.75) is 32.7 Å². The van der Waals surface area contributed by atoms with Gasteiger partial charge in [0.2, 0.25) is 11.2 Å². The Morgan fingerprint density at radius 1 is 1.43 bits per heavy atom. The summed E-state index contributed by atoms with van der Waals surface area (Å²) in [7, 11) is 0. The highest BCUT2D eigenvalue weighted by molar-refractivity contribution is 7.10. The first-order chi connectivity index (χ1) is 10.2. The molecule has 0 aliphatic carbocycles. The zero-order valence-corrected chi connectivity index (χ0v) is 13.6. The topological polar surface area (TPSA) is 51.1 Å². The average molecular weight is 325 g/mol. The van der Waals surface area contributed by atoms with Crippen LogP contribution < -0.4 is 9.64 Å². The minimum Gasteiger partial charge on any atom is -0.463 e. The predicted octanol–water partition coefficient (Wildman–Crippen LogP) is 3.50. The van der Waals surface area contributed by atoms with Crippen LogP contribution in [0.3, 0.4) is 0 Å². The third kappa shape index (κ3) is 2.96. The summed E-state index contributed by atoms with van der Waals surface area (Å²) < 4.78 is 5.49. The molecular formula is C14H17ClN4OS. The maximum Gasteiger partial charge on any atom is 0.322 e. The number of fused-ring (bicyclic) bond motifs is 1. The molecule has 5 nitrogen and oxygen atoms in total. The fourth-order valence-electron chi connectivity index (χ4n) is 2.49. The van der Waals surface area contributed by atoms with Gasteiger partial charge in [-0.1, -0.05) is 6.92 Å². The maximum atomic E-state index is 6.01. The van der Waals surface area contributed by atoms with Gasteiger partial charge in [-0.2, -0.15) is 15.0 Å². The second-order valence-corrected chi connectivity index (χ2v) is 6.29. The molecule has 0 bridgehead atoms. The van der Waals surface area contributed by atoms with Gasteiger partial charge >= 0.3 is 6.01 Å². The maximum absolute atomic E-state index is 6.01. The molecule has 21 heavy (non-hydrogen) atoms. The van der Waals surface area contributed by atoms with Gasteiger partial charge in [0.05, 0.1) is 12.6 Å². The molecule has 0 fully saturated rings. The van der Waals surface area contributed by atoms with Gasteiger partial charge in [0, 0.05) is 11.4 Å². The molecule has 1 atom stereocenters. The summed E-state index contributed by atoms with van der Waals surface area (Å²) in [5.41, 5.74) is 1.35. The van der Waals surface area contributed by atoms with Crippen LogP contribution in [-0.4, -0.2) is 28.1 Å². The lowest BCUT2D eigenvalue weighted by Crippen LogP contribution is -2.34. The van der Waals surface area contributed by atoms with Crippen LogP contribution >= 0.6 is 22.9 Å². The first-order valence-corrected chi connectivity index (χ1v) is 8.32. The summed E-state index contributed by atoms with van der Waals surface area (Å²) >= 11 is 7.82. The van der Waals surface area contributed by atoms with Gasteiger partial charge in [-0.05, 0) is 48.4 Å². The molecule has 0 spiro atoms. The van der Waals surface area contributed by atoms with Crippen molar-refractivity contribution < 1.29 is 4.74 Å². The Kier molecular flexibility index (Phi) is 4.26. The number of anilines is 1. The first kappa shape index (κ1) is 14.5. The second-order valence-electron chi connectivity index (χ2n) is 4.95. The Labute approximate surface area is 133 Å². The smallest absolute Gasteiger partial charge is 0.322 e. The molecule has 1 aliphatic rings. The van der Waals surface area contributed by atoms with Crippen molar-refractivity contribution in [3.63, 3.8) is 0 Å². The van der Waals surface area contributed by atoms with E-state index in [0.717, 1.165) is 19.4 Å². The van der Waals surface area contributed by atoms with Gasteiger partial charge < -0.3 is 9.64 Å². The zero-order chi connectivity index (χ0) is 14.8. The summed E-state index contributed by atoms with van der Waals surface area (Å²) in [6, 6.07) is 2.71. The normalized spacial score (nSPS) is 17.7. The number of ether oxygens (including phenoxy) is 1. The van der Waals surface area contributed by atoms with Crippen LogP contribution in [0.2, 0.25) is 5.28 Å². The van der Waals surface area contributed by atoms with Crippen molar-refractivity contribution in [3.8, 4) is 6.01 Å². The molecular weight excluding hydrogens is 308 g/mol. The van der Waals surface area contributed by atoms with Crippen LogP contribution in [0.5, 0.6) is 6.01 Å². The molecule has 112 valence electrons. The monoisotopic (exact) mass is 324 g/mol. The standard InChI is InChI=1S/C14H17ClN4OS/c1-3-7-20-14-17-12(15)16-13(18-14)19-6-4-11-10(9(19)2)5-8-21-11/h5,8-9H,3-4,6-7H2,1-2H3. The van der Waals surface area contributed by atoms with E-state index in [-0.39, 0.29) is 11.3 Å². The average Bonchev–Trinajstić information content (AvgIpc) is 2.94. The van der Waals surface area contributed by atoms with Crippen molar-refractivity contribution in [2.24, 2.45) is 0 Å². The Bertz CT molecular complexity index is 633. The van der Waals surface area contributed by atoms with Crippen LogP contribution in [-0.2, 0) is 6.42 Å². The van der Waals surface area contributed by atoms with E-state index in [1.54, 1.807) is 0 Å². The van der Waals surface area contributed by atoms with E-state index in [1.807, 2.05) is 18.3 Å². The fourth-order valence-corrected chi connectivity index (χ4v) is 3.60. The molecule has 0 aromatic carbocycles. The van der Waals surface area contributed by atoms with E-state index >= 15 is 0 Å². The zero-order valence-electron chi connectivity index (χ0n) is 12.0. The molecule has 3 heterocycles. The summed E-state index contributed by atoms with van der Waals surface area (Å²) in [5.74, 6) is 0.588. The number of rotatable bonds is 4. The van der Waals surface area contributed by atoms with Gasteiger partial charge in [-0.15, -0.1) is 11.3 Å². The third-order valence-corrected chi connectivity index (χ3v) is 4.71. The van der Waals surface area contributed by atoms with Gasteiger partial charge in [-0.3, -0.25) is 0 Å². The molecule has 0 radical (unpaired) electrons. The third-order valence-electron chi connectivity index (χ3n) is 3.55. The SMILES string of the molecule is CCCOc1nc(Cl)nc(N2CCc3sccc3C2C)n1. The lowest BCUT2D eigenvalue weighted by molar-refractivity contribution is 0.291. The highest BCUT2D eigenvalue weighted by atomic mass is 35.5. The largest absolute Gasteiger partial charge is 0.463 e. The Balaban J connectivity index is 1.88. The van der Waals surface area contributed by atoms with Crippen LogP contribution in [0.1, 0.15) is 36.8 Å². The number of nitrogens with zero attached hydrogens (tertiary/aromatic N) is 4. The molecule has 0 saturated carbocycles. The summed E-state index contributed by atoms with van der Waals surface area (Å²) in [5, 5.41) is 2.32. The van der Waals surface area contributed by atoms with E-state index in [9.17, 15) is 0 Å². The minimum absolute atomic E-state index is 0.175. The van der Waals surface area contributed by atoms with Crippen molar-refractivity contribution in [2.75, 3.05) is 18.1 Å². The minimum atomic E-state index is 0.175. The molecule has 0 N–H and O–H groups in total. The summed E-state index contributed by atoms with van der Waals surface area (Å²) in [6.07, 6.45) is 1.91. The van der Waals surface area contributed by atoms with Crippen molar-refractivity contribution in [1.82, 2.24) is 15.0 Å². The molecule has 3 rings (SSSR count). The number of hydrogen-bond acceptors (Lipinski definition) is 6. The Morgan fingerprint density at radius 3 is 3.10 bits per heavy atom. The van der Waals surface area contributed by atoms with Gasteiger partial charge in [-0.25, -0.2) is 0 Å². The molecule has 2 aromatic heterocycles. The first-order valence-electron chi connectivity index (χ1n) is 7.06. The van der Waals surface area contributed by atoms with Crippen molar-refractivity contribution in [3.05, 3.63) is 27.2 Å². The Hall–Kier alpha value is -1.40. The fraction of sp³-hybridized carbons (Fsp3) is 0.500. The summed E-state index contributed by atoms with van der Waals surface area (Å²) in [6.45, 7) is 5.65. The van der Waals surface area contributed by atoms with Gasteiger partial charge in [0.25, 0.3) is 0 Å². The quantitative estimate of drug-likeness (QED) is 0.861. The lowest BCUT2D eigenvalue weighted by atomic mass is 10.0. The van der Waals surface area contributed by atoms with E-state index in [0.29, 0.717) is 18.6 Å². The molecule has 1 unspecified atom stereocenters. The lowest BCUT2D eigenvalue weighted by Gasteiger charge is -2.33. The van der Waals surface area contributed by atoms with Gasteiger partial charge in [0.15, 0.2) is 0 Å². The Morgan fingerprint density at radius 2 is 2.29 bits per heavy atom. The molecule has 7 heteroatoms. The molecule has 2 aromatic rings. The van der Waals surface area contributed by atoms with Crippen molar-refractivity contribution in [1.29, 1.82) is 0 Å². The number of halogens is 1. The van der Waals surface area contributed by atoms with E-state index in [2.05, 4.69) is 38.2 Å². The number of thiophene rings is 1.